The lowest BCUT2D eigenvalue weighted by Gasteiger charge is -2.29. The number of methoxy groups -OCH3 is 2. The van der Waals surface area contributed by atoms with Crippen LogP contribution in [0.15, 0.2) is 18.3 Å². The van der Waals surface area contributed by atoms with Gasteiger partial charge in [-0.1, -0.05) is 19.3 Å². The van der Waals surface area contributed by atoms with E-state index < -0.39 is 0 Å². The number of aromatic nitrogens is 3. The molecule has 1 aliphatic carbocycles. The molecule has 28 heavy (non-hydrogen) atoms. The molecule has 0 saturated heterocycles. The predicted octanol–water partition coefficient (Wildman–Crippen LogP) is 5.00. The van der Waals surface area contributed by atoms with Gasteiger partial charge in [0.25, 0.3) is 0 Å². The largest absolute Gasteiger partial charge is 0.493 e. The van der Waals surface area contributed by atoms with Gasteiger partial charge in [0.15, 0.2) is 17.1 Å². The van der Waals surface area contributed by atoms with E-state index in [0.29, 0.717) is 23.5 Å². The minimum atomic E-state index is 0.396. The summed E-state index contributed by atoms with van der Waals surface area (Å²) in [7, 11) is 3.32. The van der Waals surface area contributed by atoms with Gasteiger partial charge in [0, 0.05) is 24.0 Å². The Morgan fingerprint density at radius 1 is 1.11 bits per heavy atom. The lowest BCUT2D eigenvalue weighted by molar-refractivity contribution is 0.328. The number of pyridine rings is 1. The number of fused-ring (bicyclic) bond motifs is 2. The van der Waals surface area contributed by atoms with Crippen LogP contribution in [0.4, 0.5) is 5.69 Å². The third kappa shape index (κ3) is 3.25. The summed E-state index contributed by atoms with van der Waals surface area (Å²) in [5.41, 5.74) is 2.89. The molecule has 0 radical (unpaired) electrons. The molecule has 1 fully saturated rings. The fourth-order valence-electron chi connectivity index (χ4n) is 4.46. The van der Waals surface area contributed by atoms with E-state index in [1.54, 1.807) is 14.2 Å². The first-order valence-electron chi connectivity index (χ1n) is 10.3. The SMILES string of the molecule is CCn1ncc2c(N[C@@H](C)C3CCCCC3)c3cc(OC)c(OC)cc3nc21. The number of hydrogen-bond donors (Lipinski definition) is 1. The van der Waals surface area contributed by atoms with Crippen LogP contribution in [0.3, 0.4) is 0 Å². The van der Waals surface area contributed by atoms with E-state index in [9.17, 15) is 0 Å². The summed E-state index contributed by atoms with van der Waals surface area (Å²) >= 11 is 0. The Morgan fingerprint density at radius 2 is 1.82 bits per heavy atom. The average Bonchev–Trinajstić information content (AvgIpc) is 3.15. The van der Waals surface area contributed by atoms with Crippen LogP contribution in [0, 0.1) is 5.92 Å². The van der Waals surface area contributed by atoms with Crippen molar-refractivity contribution in [1.29, 1.82) is 0 Å². The van der Waals surface area contributed by atoms with Crippen molar-refractivity contribution in [3.63, 3.8) is 0 Å². The summed E-state index contributed by atoms with van der Waals surface area (Å²) in [4.78, 5) is 4.90. The van der Waals surface area contributed by atoms with E-state index >= 15 is 0 Å². The van der Waals surface area contributed by atoms with Gasteiger partial charge in [-0.15, -0.1) is 0 Å². The number of nitrogens with one attached hydrogen (secondary N) is 1. The van der Waals surface area contributed by atoms with E-state index in [1.807, 2.05) is 23.0 Å². The first kappa shape index (κ1) is 18.8. The molecule has 2 aromatic heterocycles. The summed E-state index contributed by atoms with van der Waals surface area (Å²) in [5.74, 6) is 2.11. The second kappa shape index (κ2) is 7.86. The molecule has 0 bridgehead atoms. The first-order chi connectivity index (χ1) is 13.7. The van der Waals surface area contributed by atoms with Crippen LogP contribution in [0.5, 0.6) is 11.5 Å². The Balaban J connectivity index is 1.87. The van der Waals surface area contributed by atoms with Crippen molar-refractivity contribution in [2.24, 2.45) is 5.92 Å². The van der Waals surface area contributed by atoms with Crippen molar-refractivity contribution in [2.45, 2.75) is 58.5 Å². The molecule has 1 saturated carbocycles. The van der Waals surface area contributed by atoms with Gasteiger partial charge in [-0.3, -0.25) is 0 Å². The molecule has 1 aromatic carbocycles. The number of nitrogens with zero attached hydrogens (tertiary/aromatic N) is 3. The maximum absolute atomic E-state index is 5.56. The van der Waals surface area contributed by atoms with Gasteiger partial charge in [-0.25, -0.2) is 9.67 Å². The van der Waals surface area contributed by atoms with Crippen LogP contribution in [-0.2, 0) is 6.54 Å². The Bertz CT molecular complexity index is 976. The highest BCUT2D eigenvalue weighted by atomic mass is 16.5. The van der Waals surface area contributed by atoms with Gasteiger partial charge in [0.2, 0.25) is 0 Å². The normalized spacial score (nSPS) is 16.4. The second-order valence-electron chi connectivity index (χ2n) is 7.74. The van der Waals surface area contributed by atoms with Crippen molar-refractivity contribution in [3.05, 3.63) is 18.3 Å². The zero-order chi connectivity index (χ0) is 19.7. The van der Waals surface area contributed by atoms with Crippen LogP contribution < -0.4 is 14.8 Å². The molecule has 0 aliphatic heterocycles. The summed E-state index contributed by atoms with van der Waals surface area (Å²) < 4.78 is 13.0. The Morgan fingerprint density at radius 3 is 2.50 bits per heavy atom. The molecule has 0 spiro atoms. The van der Waals surface area contributed by atoms with Gasteiger partial charge in [-0.05, 0) is 38.7 Å². The third-order valence-corrected chi connectivity index (χ3v) is 6.11. The zero-order valence-corrected chi connectivity index (χ0v) is 17.3. The summed E-state index contributed by atoms with van der Waals surface area (Å²) in [5, 5.41) is 10.5. The van der Waals surface area contributed by atoms with Gasteiger partial charge in [0.05, 0.1) is 37.0 Å². The van der Waals surface area contributed by atoms with E-state index in [2.05, 4.69) is 24.3 Å². The van der Waals surface area contributed by atoms with Gasteiger partial charge < -0.3 is 14.8 Å². The number of hydrogen-bond acceptors (Lipinski definition) is 5. The Labute approximate surface area is 166 Å². The molecule has 2 heterocycles. The molecule has 3 aromatic rings. The Hall–Kier alpha value is -2.50. The van der Waals surface area contributed by atoms with Crippen LogP contribution in [-0.4, -0.2) is 35.0 Å². The molecular weight excluding hydrogens is 352 g/mol. The molecule has 1 N–H and O–H groups in total. The molecule has 0 amide bonds. The molecular formula is C22H30N4O2. The lowest BCUT2D eigenvalue weighted by Crippen LogP contribution is -2.27. The van der Waals surface area contributed by atoms with E-state index in [-0.39, 0.29) is 0 Å². The summed E-state index contributed by atoms with van der Waals surface area (Å²) in [6.07, 6.45) is 8.56. The van der Waals surface area contributed by atoms with Crippen LogP contribution in [0.2, 0.25) is 0 Å². The predicted molar refractivity (Wildman–Crippen MR) is 113 cm³/mol. The van der Waals surface area contributed by atoms with Crippen molar-refractivity contribution >= 4 is 27.6 Å². The highest BCUT2D eigenvalue weighted by Gasteiger charge is 2.23. The first-order valence-corrected chi connectivity index (χ1v) is 10.3. The Kier molecular flexibility index (Phi) is 5.29. The molecule has 6 heteroatoms. The van der Waals surface area contributed by atoms with Gasteiger partial charge in [-0.2, -0.15) is 5.10 Å². The average molecular weight is 383 g/mol. The van der Waals surface area contributed by atoms with Crippen LogP contribution in [0.25, 0.3) is 21.9 Å². The van der Waals surface area contributed by atoms with E-state index in [0.717, 1.165) is 34.2 Å². The monoisotopic (exact) mass is 382 g/mol. The standard InChI is InChI=1S/C22H30N4O2/c1-5-26-22-17(13-23-26)21(24-14(2)15-9-7-6-8-10-15)16-11-19(27-3)20(28-4)12-18(16)25-22/h11-15H,5-10H2,1-4H3,(H,24,25)/t14-/m0/s1. The summed E-state index contributed by atoms with van der Waals surface area (Å²) in [6.45, 7) is 5.18. The fourth-order valence-corrected chi connectivity index (χ4v) is 4.46. The van der Waals surface area contributed by atoms with Gasteiger partial charge >= 0.3 is 0 Å². The molecule has 0 unspecified atom stereocenters. The van der Waals surface area contributed by atoms with Crippen molar-refractivity contribution in [1.82, 2.24) is 14.8 Å². The lowest BCUT2D eigenvalue weighted by atomic mass is 9.84. The maximum Gasteiger partial charge on any atom is 0.162 e. The number of rotatable bonds is 6. The number of anilines is 1. The third-order valence-electron chi connectivity index (χ3n) is 6.11. The van der Waals surface area contributed by atoms with Crippen molar-refractivity contribution < 1.29 is 9.47 Å². The zero-order valence-electron chi connectivity index (χ0n) is 17.3. The number of aryl methyl sites for hydroxylation is 1. The minimum absolute atomic E-state index is 0.396. The van der Waals surface area contributed by atoms with E-state index in [1.165, 1.54) is 32.1 Å². The van der Waals surface area contributed by atoms with E-state index in [4.69, 9.17) is 14.5 Å². The quantitative estimate of drug-likeness (QED) is 0.650. The molecule has 6 nitrogen and oxygen atoms in total. The highest BCUT2D eigenvalue weighted by molar-refractivity contribution is 6.07. The fraction of sp³-hybridized carbons (Fsp3) is 0.545. The van der Waals surface area contributed by atoms with Crippen molar-refractivity contribution in [2.75, 3.05) is 19.5 Å². The smallest absolute Gasteiger partial charge is 0.162 e. The molecule has 4 rings (SSSR count). The maximum atomic E-state index is 5.56. The van der Waals surface area contributed by atoms with Crippen LogP contribution >= 0.6 is 0 Å². The number of ether oxygens (including phenoxy) is 2. The highest BCUT2D eigenvalue weighted by Crippen LogP contribution is 2.39. The molecule has 150 valence electrons. The number of benzene rings is 1. The molecule has 1 aliphatic rings. The summed E-state index contributed by atoms with van der Waals surface area (Å²) in [6, 6.07) is 4.38. The van der Waals surface area contributed by atoms with Crippen LogP contribution in [0.1, 0.15) is 46.0 Å². The minimum Gasteiger partial charge on any atom is -0.493 e. The second-order valence-corrected chi connectivity index (χ2v) is 7.74. The van der Waals surface area contributed by atoms with Crippen molar-refractivity contribution in [3.8, 4) is 11.5 Å². The molecule has 1 atom stereocenters. The van der Waals surface area contributed by atoms with Gasteiger partial charge in [0.1, 0.15) is 0 Å². The topological polar surface area (TPSA) is 61.2 Å².